The molecule has 19 heavy (non-hydrogen) atoms. The Morgan fingerprint density at radius 1 is 0.632 bits per heavy atom. The van der Waals surface area contributed by atoms with Gasteiger partial charge in [-0.15, -0.1) is 0 Å². The third-order valence-electron chi connectivity index (χ3n) is 2.50. The molecule has 0 unspecified atom stereocenters. The summed E-state index contributed by atoms with van der Waals surface area (Å²) < 4.78 is 23.6. The Labute approximate surface area is 113 Å². The lowest BCUT2D eigenvalue weighted by molar-refractivity contribution is 0.613. The summed E-state index contributed by atoms with van der Waals surface area (Å²) in [5.41, 5.74) is 1.72. The van der Waals surface area contributed by atoms with E-state index in [-0.39, 0.29) is 0 Å². The number of hydrogen-bond donors (Lipinski definition) is 0. The molecule has 0 aromatic heterocycles. The van der Waals surface area contributed by atoms with Crippen LogP contribution in [0.4, 0.5) is 0 Å². The van der Waals surface area contributed by atoms with Crippen LogP contribution >= 0.6 is 0 Å². The molecule has 0 amide bonds. The number of benzene rings is 2. The minimum Gasteiger partial charge on any atom is -0.220 e. The molecule has 96 valence electrons. The Hall–Kier alpha value is -2.13. The fraction of sp³-hybridized carbons (Fsp3) is 0. The summed E-state index contributed by atoms with van der Waals surface area (Å²) in [7, 11) is -3.34. The molecule has 2 nitrogen and oxygen atoms in total. The second-order valence-corrected chi connectivity index (χ2v) is 5.74. The normalized spacial score (nSPS) is 12.2. The van der Waals surface area contributed by atoms with E-state index in [2.05, 4.69) is 0 Å². The highest BCUT2D eigenvalue weighted by molar-refractivity contribution is 7.97. The van der Waals surface area contributed by atoms with Crippen LogP contribution in [-0.2, 0) is 9.84 Å². The van der Waals surface area contributed by atoms with Crippen molar-refractivity contribution in [3.05, 3.63) is 82.6 Å². The van der Waals surface area contributed by atoms with Crippen LogP contribution in [0.3, 0.4) is 0 Å². The molecule has 0 heterocycles. The van der Waals surface area contributed by atoms with Crippen LogP contribution in [0, 0.1) is 0 Å². The molecule has 0 bridgehead atoms. The molecule has 0 aliphatic carbocycles. The molecule has 0 aliphatic heterocycles. The van der Waals surface area contributed by atoms with Crippen LogP contribution < -0.4 is 0 Å². The van der Waals surface area contributed by atoms with E-state index in [0.717, 1.165) is 11.1 Å². The largest absolute Gasteiger partial charge is 0.220 e. The second-order valence-electron chi connectivity index (χ2n) is 4.02. The first kappa shape index (κ1) is 13.3. The van der Waals surface area contributed by atoms with Gasteiger partial charge < -0.3 is 0 Å². The van der Waals surface area contributed by atoms with Gasteiger partial charge in [-0.2, -0.15) is 0 Å². The highest BCUT2D eigenvalue weighted by Crippen LogP contribution is 2.07. The molecule has 0 fully saturated rings. The number of rotatable bonds is 4. The lowest BCUT2D eigenvalue weighted by atomic mass is 10.2. The molecule has 0 saturated carbocycles. The second kappa shape index (κ2) is 6.16. The van der Waals surface area contributed by atoms with Gasteiger partial charge in [-0.1, -0.05) is 60.7 Å². The van der Waals surface area contributed by atoms with Gasteiger partial charge in [0, 0.05) is 10.8 Å². The first-order chi connectivity index (χ1) is 9.16. The summed E-state index contributed by atoms with van der Waals surface area (Å²) in [5, 5.41) is 2.42. The van der Waals surface area contributed by atoms with E-state index in [1.807, 2.05) is 60.7 Å². The van der Waals surface area contributed by atoms with Crippen molar-refractivity contribution in [2.45, 2.75) is 0 Å². The molecule has 0 saturated heterocycles. The average molecular weight is 270 g/mol. The maximum atomic E-state index is 11.8. The van der Waals surface area contributed by atoms with Gasteiger partial charge >= 0.3 is 0 Å². The Bertz CT molecular complexity index is 614. The first-order valence-electron chi connectivity index (χ1n) is 5.87. The molecule has 0 atom stereocenters. The molecule has 2 aromatic rings. The van der Waals surface area contributed by atoms with E-state index in [1.54, 1.807) is 12.2 Å². The molecule has 3 heteroatoms. The van der Waals surface area contributed by atoms with Gasteiger partial charge in [-0.05, 0) is 23.3 Å². The standard InChI is InChI=1S/C16H14O2S/c17-19(18,13-11-15-7-3-1-4-8-15)14-12-16-9-5-2-6-10-16/h1-14H/b13-11+,14-12+. The summed E-state index contributed by atoms with van der Waals surface area (Å²) in [6.45, 7) is 0. The molecule has 2 rings (SSSR count). The van der Waals surface area contributed by atoms with Crippen LogP contribution in [0.1, 0.15) is 11.1 Å². The molecule has 2 aromatic carbocycles. The molecule has 0 spiro atoms. The van der Waals surface area contributed by atoms with Crippen molar-refractivity contribution in [2.24, 2.45) is 0 Å². The van der Waals surface area contributed by atoms with E-state index < -0.39 is 9.84 Å². The van der Waals surface area contributed by atoms with Gasteiger partial charge in [0.05, 0.1) is 0 Å². The van der Waals surface area contributed by atoms with Crippen LogP contribution in [0.25, 0.3) is 12.2 Å². The fourth-order valence-corrected chi connectivity index (χ4v) is 2.30. The van der Waals surface area contributed by atoms with Crippen molar-refractivity contribution >= 4 is 22.0 Å². The Morgan fingerprint density at radius 2 is 1.00 bits per heavy atom. The van der Waals surface area contributed by atoms with Crippen molar-refractivity contribution < 1.29 is 8.42 Å². The minimum atomic E-state index is -3.34. The highest BCUT2D eigenvalue weighted by Gasteiger charge is 1.99. The molecular weight excluding hydrogens is 256 g/mol. The quantitative estimate of drug-likeness (QED) is 0.848. The minimum absolute atomic E-state index is 0.860. The maximum absolute atomic E-state index is 11.8. The third kappa shape index (κ3) is 4.56. The van der Waals surface area contributed by atoms with E-state index >= 15 is 0 Å². The zero-order valence-electron chi connectivity index (χ0n) is 10.3. The fourth-order valence-electron chi connectivity index (χ4n) is 1.52. The molecule has 0 aliphatic rings. The SMILES string of the molecule is O=S(=O)(/C=C/c1ccccc1)/C=C/c1ccccc1. The topological polar surface area (TPSA) is 34.1 Å². The average Bonchev–Trinajstić information content (AvgIpc) is 2.46. The van der Waals surface area contributed by atoms with Crippen LogP contribution in [0.15, 0.2) is 71.5 Å². The summed E-state index contributed by atoms with van der Waals surface area (Å²) in [6.07, 6.45) is 3.18. The van der Waals surface area contributed by atoms with Gasteiger partial charge in [-0.3, -0.25) is 0 Å². The third-order valence-corrected chi connectivity index (χ3v) is 3.53. The summed E-state index contributed by atoms with van der Waals surface area (Å²) >= 11 is 0. The zero-order chi connectivity index (χ0) is 13.6. The molecular formula is C16H14O2S. The first-order valence-corrected chi connectivity index (χ1v) is 7.48. The summed E-state index contributed by atoms with van der Waals surface area (Å²) in [5.74, 6) is 0. The molecule has 0 N–H and O–H groups in total. The number of hydrogen-bond acceptors (Lipinski definition) is 2. The van der Waals surface area contributed by atoms with E-state index in [4.69, 9.17) is 0 Å². The Balaban J connectivity index is 2.12. The predicted octanol–water partition coefficient (Wildman–Crippen LogP) is 3.74. The Morgan fingerprint density at radius 3 is 1.37 bits per heavy atom. The van der Waals surface area contributed by atoms with E-state index in [1.165, 1.54) is 10.8 Å². The smallest absolute Gasteiger partial charge is 0.193 e. The lowest BCUT2D eigenvalue weighted by Crippen LogP contribution is -1.87. The van der Waals surface area contributed by atoms with Gasteiger partial charge in [-0.25, -0.2) is 8.42 Å². The number of sulfone groups is 1. The monoisotopic (exact) mass is 270 g/mol. The van der Waals surface area contributed by atoms with Crippen LogP contribution in [0.5, 0.6) is 0 Å². The summed E-state index contributed by atoms with van der Waals surface area (Å²) in [6, 6.07) is 18.7. The van der Waals surface area contributed by atoms with Crippen molar-refractivity contribution in [2.75, 3.05) is 0 Å². The highest BCUT2D eigenvalue weighted by atomic mass is 32.2. The van der Waals surface area contributed by atoms with E-state index in [0.29, 0.717) is 0 Å². The van der Waals surface area contributed by atoms with Crippen molar-refractivity contribution in [1.29, 1.82) is 0 Å². The van der Waals surface area contributed by atoms with Crippen LogP contribution in [-0.4, -0.2) is 8.42 Å². The summed E-state index contributed by atoms with van der Waals surface area (Å²) in [4.78, 5) is 0. The van der Waals surface area contributed by atoms with Gasteiger partial charge in [0.15, 0.2) is 9.84 Å². The van der Waals surface area contributed by atoms with Crippen molar-refractivity contribution in [3.63, 3.8) is 0 Å². The molecule has 0 radical (unpaired) electrons. The zero-order valence-corrected chi connectivity index (χ0v) is 11.1. The van der Waals surface area contributed by atoms with Crippen LogP contribution in [0.2, 0.25) is 0 Å². The van der Waals surface area contributed by atoms with Gasteiger partial charge in [0.1, 0.15) is 0 Å². The van der Waals surface area contributed by atoms with Gasteiger partial charge in [0.2, 0.25) is 0 Å². The van der Waals surface area contributed by atoms with Crippen molar-refractivity contribution in [3.8, 4) is 0 Å². The van der Waals surface area contributed by atoms with E-state index in [9.17, 15) is 8.42 Å². The maximum Gasteiger partial charge on any atom is 0.193 e. The van der Waals surface area contributed by atoms with Crippen molar-refractivity contribution in [1.82, 2.24) is 0 Å². The predicted molar refractivity (Wildman–Crippen MR) is 79.9 cm³/mol. The van der Waals surface area contributed by atoms with Gasteiger partial charge in [0.25, 0.3) is 0 Å². The lowest BCUT2D eigenvalue weighted by Gasteiger charge is -1.93. The Kier molecular flexibility index (Phi) is 4.31.